The minimum atomic E-state index is -0.752. The Bertz CT molecular complexity index is 394. The molecule has 1 aliphatic rings. The van der Waals surface area contributed by atoms with Gasteiger partial charge >= 0.3 is 5.97 Å². The Balaban J connectivity index is 2.13. The fourth-order valence-corrected chi connectivity index (χ4v) is 2.09. The minimum Gasteiger partial charge on any atom is -0.481 e. The van der Waals surface area contributed by atoms with Crippen LogP contribution in [0.3, 0.4) is 0 Å². The molecule has 0 aliphatic carbocycles. The van der Waals surface area contributed by atoms with E-state index in [-0.39, 0.29) is 5.92 Å². The van der Waals surface area contributed by atoms with E-state index in [0.717, 1.165) is 18.8 Å². The first kappa shape index (κ1) is 12.2. The number of benzene rings is 1. The number of anilines is 1. The molecular formula is C12H15ClN2O2. The standard InChI is InChI=1S/C12H15ClN2O2/c13-10-1-3-11(4-2-10)15-6-5-14-7-9(8-15)12(16)17/h1-4,9,14H,5-8H2,(H,16,17). The molecule has 1 aromatic carbocycles. The molecule has 2 N–H and O–H groups in total. The van der Waals surface area contributed by atoms with E-state index in [1.165, 1.54) is 0 Å². The third kappa shape index (κ3) is 3.11. The lowest BCUT2D eigenvalue weighted by molar-refractivity contribution is -0.141. The third-order valence-corrected chi connectivity index (χ3v) is 3.18. The predicted molar refractivity (Wildman–Crippen MR) is 67.7 cm³/mol. The summed E-state index contributed by atoms with van der Waals surface area (Å²) in [4.78, 5) is 13.1. The minimum absolute atomic E-state index is 0.367. The normalized spacial score (nSPS) is 21.0. The molecule has 4 nitrogen and oxygen atoms in total. The van der Waals surface area contributed by atoms with Gasteiger partial charge in [0.25, 0.3) is 0 Å². The summed E-state index contributed by atoms with van der Waals surface area (Å²) in [6.45, 7) is 2.67. The molecule has 1 atom stereocenters. The maximum Gasteiger partial charge on any atom is 0.309 e. The molecule has 0 spiro atoms. The summed E-state index contributed by atoms with van der Waals surface area (Å²) in [5.41, 5.74) is 1.02. The van der Waals surface area contributed by atoms with Crippen molar-refractivity contribution < 1.29 is 9.90 Å². The van der Waals surface area contributed by atoms with Gasteiger partial charge in [-0.1, -0.05) is 11.6 Å². The van der Waals surface area contributed by atoms with Crippen LogP contribution >= 0.6 is 11.6 Å². The van der Waals surface area contributed by atoms with Crippen LogP contribution in [0, 0.1) is 5.92 Å². The summed E-state index contributed by atoms with van der Waals surface area (Å²) in [7, 11) is 0. The van der Waals surface area contributed by atoms with Gasteiger partial charge in [-0.15, -0.1) is 0 Å². The van der Waals surface area contributed by atoms with Crippen LogP contribution in [0.5, 0.6) is 0 Å². The van der Waals surface area contributed by atoms with Crippen molar-refractivity contribution in [1.29, 1.82) is 0 Å². The van der Waals surface area contributed by atoms with Crippen molar-refractivity contribution in [2.24, 2.45) is 5.92 Å². The van der Waals surface area contributed by atoms with Crippen LogP contribution < -0.4 is 10.2 Å². The molecule has 1 saturated heterocycles. The van der Waals surface area contributed by atoms with Gasteiger partial charge in [0, 0.05) is 36.9 Å². The number of hydrogen-bond acceptors (Lipinski definition) is 3. The Morgan fingerprint density at radius 3 is 2.76 bits per heavy atom. The number of nitrogens with one attached hydrogen (secondary N) is 1. The number of aliphatic carboxylic acids is 1. The van der Waals surface area contributed by atoms with Crippen molar-refractivity contribution in [3.63, 3.8) is 0 Å². The molecule has 0 saturated carbocycles. The summed E-state index contributed by atoms with van der Waals surface area (Å²) in [6, 6.07) is 7.50. The van der Waals surface area contributed by atoms with E-state index in [0.29, 0.717) is 18.1 Å². The Morgan fingerprint density at radius 2 is 2.12 bits per heavy atom. The van der Waals surface area contributed by atoms with Gasteiger partial charge in [-0.05, 0) is 24.3 Å². The number of rotatable bonds is 2. The first-order valence-electron chi connectivity index (χ1n) is 5.61. The second kappa shape index (κ2) is 5.38. The number of carbonyl (C=O) groups is 1. The number of hydrogen-bond donors (Lipinski definition) is 2. The van der Waals surface area contributed by atoms with Crippen molar-refractivity contribution in [1.82, 2.24) is 5.32 Å². The van der Waals surface area contributed by atoms with Gasteiger partial charge in [0.1, 0.15) is 0 Å². The molecule has 1 aliphatic heterocycles. The number of carboxylic acids is 1. The summed E-state index contributed by atoms with van der Waals surface area (Å²) < 4.78 is 0. The molecule has 1 unspecified atom stereocenters. The highest BCUT2D eigenvalue weighted by Gasteiger charge is 2.23. The highest BCUT2D eigenvalue weighted by atomic mass is 35.5. The first-order valence-corrected chi connectivity index (χ1v) is 5.98. The van der Waals surface area contributed by atoms with Crippen molar-refractivity contribution in [3.05, 3.63) is 29.3 Å². The van der Waals surface area contributed by atoms with Gasteiger partial charge < -0.3 is 15.3 Å². The summed E-state index contributed by atoms with van der Waals surface area (Å²) in [6.07, 6.45) is 0. The quantitative estimate of drug-likeness (QED) is 0.839. The molecule has 1 fully saturated rings. The van der Waals surface area contributed by atoms with Gasteiger partial charge in [0.05, 0.1) is 5.92 Å². The van der Waals surface area contributed by atoms with Crippen molar-refractivity contribution in [2.45, 2.75) is 0 Å². The largest absolute Gasteiger partial charge is 0.481 e. The Morgan fingerprint density at radius 1 is 1.41 bits per heavy atom. The summed E-state index contributed by atoms with van der Waals surface area (Å²) in [5.74, 6) is -1.12. The van der Waals surface area contributed by atoms with Crippen molar-refractivity contribution in [2.75, 3.05) is 31.1 Å². The predicted octanol–water partition coefficient (Wildman–Crippen LogP) is 1.45. The fourth-order valence-electron chi connectivity index (χ4n) is 1.96. The number of nitrogens with zero attached hydrogens (tertiary/aromatic N) is 1. The Kier molecular flexibility index (Phi) is 3.86. The topological polar surface area (TPSA) is 52.6 Å². The highest BCUT2D eigenvalue weighted by molar-refractivity contribution is 6.30. The lowest BCUT2D eigenvalue weighted by Gasteiger charge is -2.24. The van der Waals surface area contributed by atoms with Crippen molar-refractivity contribution in [3.8, 4) is 0 Å². The van der Waals surface area contributed by atoms with Gasteiger partial charge in [-0.2, -0.15) is 0 Å². The zero-order chi connectivity index (χ0) is 12.3. The van der Waals surface area contributed by atoms with E-state index in [4.69, 9.17) is 16.7 Å². The lowest BCUT2D eigenvalue weighted by atomic mass is 10.1. The van der Waals surface area contributed by atoms with E-state index in [2.05, 4.69) is 10.2 Å². The van der Waals surface area contributed by atoms with Crippen LogP contribution in [0.4, 0.5) is 5.69 Å². The number of carboxylic acid groups (broad SMARTS) is 1. The molecule has 0 radical (unpaired) electrons. The van der Waals surface area contributed by atoms with E-state index in [9.17, 15) is 4.79 Å². The lowest BCUT2D eigenvalue weighted by Crippen LogP contribution is -2.33. The van der Waals surface area contributed by atoms with Gasteiger partial charge in [-0.3, -0.25) is 4.79 Å². The van der Waals surface area contributed by atoms with Crippen LogP contribution in [0.1, 0.15) is 0 Å². The molecule has 1 heterocycles. The molecule has 17 heavy (non-hydrogen) atoms. The smallest absolute Gasteiger partial charge is 0.309 e. The van der Waals surface area contributed by atoms with Crippen LogP contribution in [0.15, 0.2) is 24.3 Å². The van der Waals surface area contributed by atoms with Gasteiger partial charge in [0.2, 0.25) is 0 Å². The average Bonchev–Trinajstić information content (AvgIpc) is 2.55. The third-order valence-electron chi connectivity index (χ3n) is 2.93. The average molecular weight is 255 g/mol. The van der Waals surface area contributed by atoms with Crippen LogP contribution in [0.2, 0.25) is 5.02 Å². The monoisotopic (exact) mass is 254 g/mol. The second-order valence-electron chi connectivity index (χ2n) is 4.16. The molecule has 0 bridgehead atoms. The zero-order valence-corrected chi connectivity index (χ0v) is 10.2. The molecule has 0 aromatic heterocycles. The molecule has 1 aromatic rings. The van der Waals surface area contributed by atoms with Gasteiger partial charge in [-0.25, -0.2) is 0 Å². The molecule has 92 valence electrons. The first-order chi connectivity index (χ1) is 8.16. The fraction of sp³-hybridized carbons (Fsp3) is 0.417. The highest BCUT2D eigenvalue weighted by Crippen LogP contribution is 2.19. The number of halogens is 1. The molecule has 2 rings (SSSR count). The van der Waals surface area contributed by atoms with E-state index in [1.807, 2.05) is 24.3 Å². The van der Waals surface area contributed by atoms with E-state index >= 15 is 0 Å². The van der Waals surface area contributed by atoms with Crippen LogP contribution in [-0.2, 0) is 4.79 Å². The zero-order valence-electron chi connectivity index (χ0n) is 9.40. The summed E-state index contributed by atoms with van der Waals surface area (Å²) >= 11 is 5.84. The maximum atomic E-state index is 11.1. The van der Waals surface area contributed by atoms with Gasteiger partial charge in [0.15, 0.2) is 0 Å². The Hall–Kier alpha value is -1.26. The SMILES string of the molecule is O=C(O)C1CNCCN(c2ccc(Cl)cc2)C1. The second-order valence-corrected chi connectivity index (χ2v) is 4.60. The molecule has 5 heteroatoms. The molecule has 0 amide bonds. The van der Waals surface area contributed by atoms with Crippen LogP contribution in [-0.4, -0.2) is 37.3 Å². The van der Waals surface area contributed by atoms with Crippen molar-refractivity contribution >= 4 is 23.3 Å². The van der Waals surface area contributed by atoms with E-state index < -0.39 is 5.97 Å². The Labute approximate surface area is 105 Å². The van der Waals surface area contributed by atoms with Crippen LogP contribution in [0.25, 0.3) is 0 Å². The molecular weight excluding hydrogens is 240 g/mol. The maximum absolute atomic E-state index is 11.1. The van der Waals surface area contributed by atoms with E-state index in [1.54, 1.807) is 0 Å². The summed E-state index contributed by atoms with van der Waals surface area (Å²) in [5, 5.41) is 12.9.